The maximum absolute atomic E-state index is 13.5. The number of nitriles is 1. The van der Waals surface area contributed by atoms with Crippen molar-refractivity contribution in [2.45, 2.75) is 50.9 Å². The number of amides is 2. The number of carboxylic acid groups (broad SMARTS) is 1. The molecule has 32 heavy (non-hydrogen) atoms. The highest BCUT2D eigenvalue weighted by molar-refractivity contribution is 6.08. The Morgan fingerprint density at radius 2 is 1.62 bits per heavy atom. The van der Waals surface area contributed by atoms with Crippen molar-refractivity contribution in [1.29, 1.82) is 5.26 Å². The van der Waals surface area contributed by atoms with Crippen molar-refractivity contribution >= 4 is 23.4 Å². The first kappa shape index (κ1) is 21.7. The maximum Gasteiger partial charge on any atom is 0.417 e. The smallest absolute Gasteiger partial charge is 0.417 e. The van der Waals surface area contributed by atoms with E-state index in [1.807, 2.05) is 0 Å². The average molecular weight is 443 g/mol. The molecule has 0 aromatic heterocycles. The van der Waals surface area contributed by atoms with Gasteiger partial charge in [0, 0.05) is 11.4 Å². The van der Waals surface area contributed by atoms with Crippen molar-refractivity contribution in [2.24, 2.45) is 0 Å². The summed E-state index contributed by atoms with van der Waals surface area (Å²) < 4.78 is 40.5. The topological polar surface area (TPSA) is 84.6 Å². The quantitative estimate of drug-likeness (QED) is 0.694. The van der Waals surface area contributed by atoms with Gasteiger partial charge in [0.25, 0.3) is 0 Å². The molecule has 0 bridgehead atoms. The summed E-state index contributed by atoms with van der Waals surface area (Å²) in [5.74, 6) is -1.07. The van der Waals surface area contributed by atoms with E-state index in [4.69, 9.17) is 5.26 Å². The summed E-state index contributed by atoms with van der Waals surface area (Å²) in [5, 5.41) is 18.4. The van der Waals surface area contributed by atoms with Crippen molar-refractivity contribution in [3.8, 4) is 6.07 Å². The van der Waals surface area contributed by atoms with E-state index in [9.17, 15) is 27.9 Å². The number of rotatable bonds is 3. The highest BCUT2D eigenvalue weighted by atomic mass is 19.4. The number of nitrogens with zero attached hydrogens (tertiary/aromatic N) is 3. The summed E-state index contributed by atoms with van der Waals surface area (Å²) in [6, 6.07) is 8.50. The summed E-state index contributed by atoms with van der Waals surface area (Å²) in [5.41, 5.74) is -0.338. The summed E-state index contributed by atoms with van der Waals surface area (Å²) >= 11 is 0. The Hall–Kier alpha value is -3.54. The SMILES string of the molecule is Cc1cc(N2C(=O)N(c3ccc(C#N)c(C(F)(F)F)c3)C3CCCCC32)ccc1C(=O)O. The number of urea groups is 1. The number of hydrogen-bond acceptors (Lipinski definition) is 3. The van der Waals surface area contributed by atoms with Crippen LogP contribution in [0.4, 0.5) is 29.3 Å². The zero-order chi connectivity index (χ0) is 23.2. The van der Waals surface area contributed by atoms with Crippen LogP contribution in [0.3, 0.4) is 0 Å². The Morgan fingerprint density at radius 1 is 1.06 bits per heavy atom. The van der Waals surface area contributed by atoms with Crippen LogP contribution in [0.25, 0.3) is 0 Å². The monoisotopic (exact) mass is 443 g/mol. The zero-order valence-corrected chi connectivity index (χ0v) is 17.2. The average Bonchev–Trinajstić information content (AvgIpc) is 3.04. The second kappa shape index (κ2) is 7.86. The zero-order valence-electron chi connectivity index (χ0n) is 17.2. The highest BCUT2D eigenvalue weighted by Gasteiger charge is 2.48. The van der Waals surface area contributed by atoms with Gasteiger partial charge in [-0.2, -0.15) is 18.4 Å². The number of hydrogen-bond donors (Lipinski definition) is 1. The van der Waals surface area contributed by atoms with Gasteiger partial charge in [-0.05, 0) is 61.7 Å². The van der Waals surface area contributed by atoms with E-state index in [1.165, 1.54) is 17.0 Å². The van der Waals surface area contributed by atoms with Gasteiger partial charge in [0.1, 0.15) is 0 Å². The normalized spacial score (nSPS) is 20.8. The summed E-state index contributed by atoms with van der Waals surface area (Å²) in [7, 11) is 0. The molecule has 2 aromatic rings. The summed E-state index contributed by atoms with van der Waals surface area (Å²) in [6.07, 6.45) is -1.67. The van der Waals surface area contributed by atoms with Gasteiger partial charge in [-0.15, -0.1) is 0 Å². The first-order valence-electron chi connectivity index (χ1n) is 10.2. The van der Waals surface area contributed by atoms with Crippen LogP contribution >= 0.6 is 0 Å². The number of anilines is 2. The third-order valence-corrected chi connectivity index (χ3v) is 6.20. The van der Waals surface area contributed by atoms with E-state index in [0.717, 1.165) is 25.0 Å². The van der Waals surface area contributed by atoms with Gasteiger partial charge in [-0.3, -0.25) is 9.80 Å². The summed E-state index contributed by atoms with van der Waals surface area (Å²) in [6.45, 7) is 1.64. The minimum atomic E-state index is -4.72. The van der Waals surface area contributed by atoms with Gasteiger partial charge >= 0.3 is 18.2 Å². The molecule has 2 aliphatic rings. The number of benzene rings is 2. The molecule has 1 aliphatic heterocycles. The molecule has 1 heterocycles. The molecule has 0 radical (unpaired) electrons. The van der Waals surface area contributed by atoms with Crippen LogP contribution in [0.2, 0.25) is 0 Å². The number of carboxylic acids is 1. The largest absolute Gasteiger partial charge is 0.478 e. The van der Waals surface area contributed by atoms with Gasteiger partial charge in [-0.1, -0.05) is 12.8 Å². The molecular formula is C23H20F3N3O3. The first-order chi connectivity index (χ1) is 15.1. The molecule has 4 rings (SSSR count). The molecule has 1 aliphatic carbocycles. The molecule has 1 N–H and O–H groups in total. The maximum atomic E-state index is 13.5. The summed E-state index contributed by atoms with van der Waals surface area (Å²) in [4.78, 5) is 27.8. The predicted molar refractivity (Wildman–Crippen MR) is 111 cm³/mol. The van der Waals surface area contributed by atoms with Gasteiger partial charge in [0.05, 0.1) is 34.8 Å². The van der Waals surface area contributed by atoms with Crippen molar-refractivity contribution in [3.05, 3.63) is 58.7 Å². The molecule has 2 aromatic carbocycles. The molecule has 2 fully saturated rings. The van der Waals surface area contributed by atoms with Crippen LogP contribution in [-0.2, 0) is 6.18 Å². The van der Waals surface area contributed by atoms with E-state index in [1.54, 1.807) is 30.0 Å². The van der Waals surface area contributed by atoms with Gasteiger partial charge < -0.3 is 5.11 Å². The molecule has 0 spiro atoms. The van der Waals surface area contributed by atoms with Crippen molar-refractivity contribution in [3.63, 3.8) is 0 Å². The van der Waals surface area contributed by atoms with E-state index in [-0.39, 0.29) is 23.3 Å². The lowest BCUT2D eigenvalue weighted by Gasteiger charge is -2.32. The van der Waals surface area contributed by atoms with E-state index >= 15 is 0 Å². The van der Waals surface area contributed by atoms with Gasteiger partial charge in [0.15, 0.2) is 0 Å². The van der Waals surface area contributed by atoms with E-state index < -0.39 is 29.3 Å². The minimum Gasteiger partial charge on any atom is -0.478 e. The fourth-order valence-electron chi connectivity index (χ4n) is 4.75. The highest BCUT2D eigenvalue weighted by Crippen LogP contribution is 2.42. The fourth-order valence-corrected chi connectivity index (χ4v) is 4.75. The number of halogens is 3. The third-order valence-electron chi connectivity index (χ3n) is 6.20. The minimum absolute atomic E-state index is 0.0969. The lowest BCUT2D eigenvalue weighted by atomic mass is 9.89. The Morgan fingerprint density at radius 3 is 2.12 bits per heavy atom. The van der Waals surface area contributed by atoms with Crippen LogP contribution in [0.15, 0.2) is 36.4 Å². The number of carbonyl (C=O) groups excluding carboxylic acids is 1. The molecule has 6 nitrogen and oxygen atoms in total. The first-order valence-corrected chi connectivity index (χ1v) is 10.2. The van der Waals surface area contributed by atoms with Crippen molar-refractivity contribution in [1.82, 2.24) is 0 Å². The second-order valence-electron chi connectivity index (χ2n) is 8.09. The van der Waals surface area contributed by atoms with Gasteiger partial charge in [-0.25, -0.2) is 9.59 Å². The third kappa shape index (κ3) is 3.55. The lowest BCUT2D eigenvalue weighted by Crippen LogP contribution is -2.40. The van der Waals surface area contributed by atoms with Gasteiger partial charge in [0.2, 0.25) is 0 Å². The second-order valence-corrected chi connectivity index (χ2v) is 8.09. The molecule has 9 heteroatoms. The molecule has 166 valence electrons. The Kier molecular flexibility index (Phi) is 5.33. The number of fused-ring (bicyclic) bond motifs is 1. The fraction of sp³-hybridized carbons (Fsp3) is 0.348. The number of aromatic carboxylic acids is 1. The lowest BCUT2D eigenvalue weighted by molar-refractivity contribution is -0.137. The van der Waals surface area contributed by atoms with Crippen LogP contribution in [-0.4, -0.2) is 29.2 Å². The number of aryl methyl sites for hydroxylation is 1. The Balaban J connectivity index is 1.79. The molecule has 1 saturated carbocycles. The van der Waals surface area contributed by atoms with Crippen LogP contribution in [0.1, 0.15) is 52.7 Å². The Bertz CT molecular complexity index is 1140. The van der Waals surface area contributed by atoms with Crippen LogP contribution in [0.5, 0.6) is 0 Å². The standard InChI is InChI=1S/C23H20F3N3O3/c1-13-10-15(8-9-17(13)21(30)31)28-19-4-2-3-5-20(19)29(22(28)32)16-7-6-14(12-27)18(11-16)23(24,25)26/h6-11,19-20H,2-5H2,1H3,(H,30,31). The molecule has 1 saturated heterocycles. The Labute approximate surface area is 182 Å². The molecular weight excluding hydrogens is 423 g/mol. The molecule has 2 unspecified atom stereocenters. The van der Waals surface area contributed by atoms with Crippen LogP contribution in [0, 0.1) is 18.3 Å². The van der Waals surface area contributed by atoms with E-state index in [0.29, 0.717) is 24.1 Å². The number of alkyl halides is 3. The predicted octanol–water partition coefficient (Wildman–Crippen LogP) is 5.34. The molecule has 2 atom stereocenters. The van der Waals surface area contributed by atoms with Crippen molar-refractivity contribution in [2.75, 3.05) is 9.80 Å². The van der Waals surface area contributed by atoms with E-state index in [2.05, 4.69) is 0 Å². The van der Waals surface area contributed by atoms with Crippen LogP contribution < -0.4 is 9.80 Å². The number of carbonyl (C=O) groups is 2. The van der Waals surface area contributed by atoms with Crippen molar-refractivity contribution < 1.29 is 27.9 Å². The molecule has 2 amide bonds.